The molecule has 0 bridgehead atoms. The van der Waals surface area contributed by atoms with Crippen molar-refractivity contribution in [2.75, 3.05) is 5.32 Å². The van der Waals surface area contributed by atoms with Crippen LogP contribution in [0.5, 0.6) is 0 Å². The Hall–Kier alpha value is -3.34. The summed E-state index contributed by atoms with van der Waals surface area (Å²) in [6.45, 7) is 0.111. The van der Waals surface area contributed by atoms with Crippen molar-refractivity contribution in [1.82, 2.24) is 0 Å². The average Bonchev–Trinajstić information content (AvgIpc) is 2.61. The van der Waals surface area contributed by atoms with E-state index in [1.807, 2.05) is 42.5 Å². The zero-order valence-electron chi connectivity index (χ0n) is 12.7. The summed E-state index contributed by atoms with van der Waals surface area (Å²) in [5.41, 5.74) is 1.10. The summed E-state index contributed by atoms with van der Waals surface area (Å²) in [6.07, 6.45) is -0.697. The Bertz CT molecular complexity index is 890. The molecule has 0 spiro atoms. The average molecular weight is 321 g/mol. The maximum absolute atomic E-state index is 12.1. The number of carboxylic acid groups (broad SMARTS) is 1. The van der Waals surface area contributed by atoms with Crippen LogP contribution in [0.2, 0.25) is 0 Å². The van der Waals surface area contributed by atoms with Gasteiger partial charge in [-0.25, -0.2) is 9.59 Å². The van der Waals surface area contributed by atoms with E-state index in [4.69, 9.17) is 4.74 Å². The lowest BCUT2D eigenvalue weighted by Gasteiger charge is -2.12. The van der Waals surface area contributed by atoms with Crippen LogP contribution >= 0.6 is 0 Å². The highest BCUT2D eigenvalue weighted by molar-refractivity contribution is 6.09. The number of fused-ring (bicyclic) bond motifs is 1. The second kappa shape index (κ2) is 6.83. The first kappa shape index (κ1) is 15.6. The molecule has 0 fully saturated rings. The van der Waals surface area contributed by atoms with Crippen LogP contribution in [-0.2, 0) is 11.3 Å². The van der Waals surface area contributed by atoms with Gasteiger partial charge in [-0.15, -0.1) is 0 Å². The Morgan fingerprint density at radius 1 is 0.917 bits per heavy atom. The van der Waals surface area contributed by atoms with E-state index in [1.54, 1.807) is 18.2 Å². The van der Waals surface area contributed by atoms with Crippen molar-refractivity contribution >= 4 is 28.5 Å². The Morgan fingerprint density at radius 3 is 2.38 bits per heavy atom. The molecule has 0 saturated heterocycles. The van der Waals surface area contributed by atoms with Crippen LogP contribution in [0.3, 0.4) is 0 Å². The Labute approximate surface area is 138 Å². The Morgan fingerprint density at radius 2 is 1.62 bits per heavy atom. The molecule has 3 aromatic carbocycles. The number of hydrogen-bond donors (Lipinski definition) is 2. The summed E-state index contributed by atoms with van der Waals surface area (Å²) in [5, 5.41) is 13.4. The van der Waals surface area contributed by atoms with E-state index in [0.717, 1.165) is 10.9 Å². The van der Waals surface area contributed by atoms with Gasteiger partial charge in [-0.1, -0.05) is 60.7 Å². The van der Waals surface area contributed by atoms with Crippen LogP contribution in [-0.4, -0.2) is 17.2 Å². The van der Waals surface area contributed by atoms with Crippen molar-refractivity contribution in [2.45, 2.75) is 6.61 Å². The molecule has 0 aliphatic carbocycles. The number of amides is 1. The lowest BCUT2D eigenvalue weighted by molar-refractivity contribution is 0.0698. The van der Waals surface area contributed by atoms with E-state index >= 15 is 0 Å². The largest absolute Gasteiger partial charge is 0.478 e. The second-order valence-electron chi connectivity index (χ2n) is 5.20. The fourth-order valence-electron chi connectivity index (χ4n) is 2.45. The van der Waals surface area contributed by atoms with E-state index in [0.29, 0.717) is 5.39 Å². The number of ether oxygens (including phenoxy) is 1. The van der Waals surface area contributed by atoms with Crippen LogP contribution in [0.1, 0.15) is 15.9 Å². The molecule has 0 radical (unpaired) electrons. The van der Waals surface area contributed by atoms with Gasteiger partial charge >= 0.3 is 12.1 Å². The molecule has 0 aliphatic heterocycles. The maximum Gasteiger partial charge on any atom is 0.411 e. The molecular formula is C19H15NO4. The van der Waals surface area contributed by atoms with E-state index in [9.17, 15) is 14.7 Å². The SMILES string of the molecule is O=C(Nc1c(C(=O)O)ccc2ccccc12)OCc1ccccc1. The van der Waals surface area contributed by atoms with Crippen LogP contribution in [0, 0.1) is 0 Å². The molecule has 0 atom stereocenters. The third kappa shape index (κ3) is 3.35. The zero-order valence-corrected chi connectivity index (χ0v) is 12.7. The van der Waals surface area contributed by atoms with Crippen molar-refractivity contribution in [3.8, 4) is 0 Å². The smallest absolute Gasteiger partial charge is 0.411 e. The number of anilines is 1. The normalized spacial score (nSPS) is 10.3. The third-order valence-electron chi connectivity index (χ3n) is 3.60. The van der Waals surface area contributed by atoms with Crippen molar-refractivity contribution in [3.05, 3.63) is 77.9 Å². The molecule has 0 unspecified atom stereocenters. The molecular weight excluding hydrogens is 306 g/mol. The van der Waals surface area contributed by atoms with Crippen LogP contribution in [0.4, 0.5) is 10.5 Å². The fraction of sp³-hybridized carbons (Fsp3) is 0.0526. The third-order valence-corrected chi connectivity index (χ3v) is 3.60. The van der Waals surface area contributed by atoms with E-state index < -0.39 is 12.1 Å². The molecule has 2 N–H and O–H groups in total. The van der Waals surface area contributed by atoms with Gasteiger partial charge in [0.25, 0.3) is 0 Å². The summed E-state index contributed by atoms with van der Waals surface area (Å²) in [7, 11) is 0. The summed E-state index contributed by atoms with van der Waals surface area (Å²) >= 11 is 0. The first-order valence-electron chi connectivity index (χ1n) is 7.38. The van der Waals surface area contributed by atoms with Gasteiger partial charge in [0.1, 0.15) is 6.61 Å². The number of aromatic carboxylic acids is 1. The van der Waals surface area contributed by atoms with Crippen molar-refractivity contribution < 1.29 is 19.4 Å². The predicted octanol–water partition coefficient (Wildman–Crippen LogP) is 4.29. The standard InChI is InChI=1S/C19H15NO4/c21-18(22)16-11-10-14-8-4-5-9-15(14)17(16)20-19(23)24-12-13-6-2-1-3-7-13/h1-11H,12H2,(H,20,23)(H,21,22). The number of carboxylic acids is 1. The highest BCUT2D eigenvalue weighted by atomic mass is 16.5. The monoisotopic (exact) mass is 321 g/mol. The minimum Gasteiger partial charge on any atom is -0.478 e. The number of hydrogen-bond acceptors (Lipinski definition) is 3. The first-order valence-corrected chi connectivity index (χ1v) is 7.38. The number of benzene rings is 3. The predicted molar refractivity (Wildman–Crippen MR) is 91.2 cm³/mol. The van der Waals surface area contributed by atoms with Gasteiger partial charge in [0.2, 0.25) is 0 Å². The van der Waals surface area contributed by atoms with Crippen LogP contribution < -0.4 is 5.32 Å². The lowest BCUT2D eigenvalue weighted by Crippen LogP contribution is -2.16. The number of rotatable bonds is 4. The molecule has 5 nitrogen and oxygen atoms in total. The second-order valence-corrected chi connectivity index (χ2v) is 5.20. The van der Waals surface area contributed by atoms with Gasteiger partial charge in [-0.2, -0.15) is 0 Å². The molecule has 0 saturated carbocycles. The molecule has 5 heteroatoms. The van der Waals surface area contributed by atoms with Crippen LogP contribution in [0.25, 0.3) is 10.8 Å². The maximum atomic E-state index is 12.1. The zero-order chi connectivity index (χ0) is 16.9. The van der Waals surface area contributed by atoms with Crippen LogP contribution in [0.15, 0.2) is 66.7 Å². The lowest BCUT2D eigenvalue weighted by atomic mass is 10.0. The van der Waals surface area contributed by atoms with E-state index in [-0.39, 0.29) is 17.9 Å². The molecule has 3 aromatic rings. The number of carbonyl (C=O) groups is 2. The summed E-state index contributed by atoms with van der Waals surface area (Å²) in [5.74, 6) is -1.11. The molecule has 0 aliphatic rings. The van der Waals surface area contributed by atoms with Crippen molar-refractivity contribution in [1.29, 1.82) is 0 Å². The molecule has 120 valence electrons. The minimum atomic E-state index is -1.11. The van der Waals surface area contributed by atoms with E-state index in [2.05, 4.69) is 5.32 Å². The summed E-state index contributed by atoms with van der Waals surface area (Å²) < 4.78 is 5.17. The molecule has 24 heavy (non-hydrogen) atoms. The molecule has 3 rings (SSSR count). The fourth-order valence-corrected chi connectivity index (χ4v) is 2.45. The van der Waals surface area contributed by atoms with Gasteiger partial charge in [0, 0.05) is 5.39 Å². The molecule has 0 heterocycles. The van der Waals surface area contributed by atoms with Gasteiger partial charge in [-0.05, 0) is 17.0 Å². The highest BCUT2D eigenvalue weighted by Gasteiger charge is 2.16. The van der Waals surface area contributed by atoms with Crippen molar-refractivity contribution in [3.63, 3.8) is 0 Å². The first-order chi connectivity index (χ1) is 11.6. The Kier molecular flexibility index (Phi) is 4.43. The molecule has 0 aromatic heterocycles. The van der Waals surface area contributed by atoms with Gasteiger partial charge in [0.15, 0.2) is 0 Å². The van der Waals surface area contributed by atoms with Gasteiger partial charge in [-0.3, -0.25) is 5.32 Å². The highest BCUT2D eigenvalue weighted by Crippen LogP contribution is 2.28. The molecule has 1 amide bonds. The topological polar surface area (TPSA) is 75.6 Å². The number of carbonyl (C=O) groups excluding carboxylic acids is 1. The van der Waals surface area contributed by atoms with Crippen molar-refractivity contribution in [2.24, 2.45) is 0 Å². The quantitative estimate of drug-likeness (QED) is 0.752. The summed E-state index contributed by atoms with van der Waals surface area (Å²) in [4.78, 5) is 23.5. The summed E-state index contributed by atoms with van der Waals surface area (Å²) in [6, 6.07) is 19.7. The van der Waals surface area contributed by atoms with E-state index in [1.165, 1.54) is 6.07 Å². The van der Waals surface area contributed by atoms with Gasteiger partial charge < -0.3 is 9.84 Å². The Balaban J connectivity index is 1.84. The minimum absolute atomic E-state index is 0.0189. The number of nitrogens with one attached hydrogen (secondary N) is 1. The van der Waals surface area contributed by atoms with Gasteiger partial charge in [0.05, 0.1) is 11.3 Å².